The first-order valence-corrected chi connectivity index (χ1v) is 12.7. The zero-order valence-electron chi connectivity index (χ0n) is 19.5. The van der Waals surface area contributed by atoms with E-state index in [1.165, 1.54) is 11.1 Å². The molecule has 1 atom stereocenters. The van der Waals surface area contributed by atoms with Gasteiger partial charge in [-0.15, -0.1) is 0 Å². The van der Waals surface area contributed by atoms with Crippen LogP contribution in [0.3, 0.4) is 0 Å². The Balaban J connectivity index is 1.33. The number of carbonyl (C=O) groups excluding carboxylic acids is 3. The molecule has 8 nitrogen and oxygen atoms in total. The molecule has 2 aromatic rings. The zero-order chi connectivity index (χ0) is 24.1. The van der Waals surface area contributed by atoms with Crippen LogP contribution in [0.1, 0.15) is 28.4 Å². The normalized spacial score (nSPS) is 17.5. The molecule has 2 N–H and O–H groups in total. The van der Waals surface area contributed by atoms with E-state index in [2.05, 4.69) is 29.7 Å². The summed E-state index contributed by atoms with van der Waals surface area (Å²) in [5.74, 6) is 1.28. The number of carbonyl (C=O) groups is 3. The van der Waals surface area contributed by atoms with Crippen molar-refractivity contribution in [2.75, 3.05) is 49.2 Å². The number of nitrogens with zero attached hydrogens (tertiary/aromatic N) is 2. The van der Waals surface area contributed by atoms with E-state index in [1.807, 2.05) is 18.2 Å². The average molecular weight is 483 g/mol. The standard InChI is InChI=1S/C25H30N4O4S/c1-3-33-25(32)29-12-10-28(11-13-29)24(31)18-8-9-20-21(14-18)27-23(30)22(26-20)16-34-15-19-7-5-4-6-17(19)2/h4-9,14,22,26H,3,10-13,15-16H2,1-2H3,(H,27,30). The number of piperazine rings is 1. The molecule has 0 radical (unpaired) electrons. The summed E-state index contributed by atoms with van der Waals surface area (Å²) >= 11 is 1.72. The van der Waals surface area contributed by atoms with Gasteiger partial charge in [0.15, 0.2) is 0 Å². The predicted molar refractivity (Wildman–Crippen MR) is 134 cm³/mol. The molecule has 0 aromatic heterocycles. The fourth-order valence-electron chi connectivity index (χ4n) is 4.05. The van der Waals surface area contributed by atoms with Gasteiger partial charge in [-0.25, -0.2) is 4.79 Å². The number of aryl methyl sites for hydroxylation is 1. The smallest absolute Gasteiger partial charge is 0.409 e. The first kappa shape index (κ1) is 23.9. The van der Waals surface area contributed by atoms with E-state index in [1.54, 1.807) is 40.6 Å². The third-order valence-corrected chi connectivity index (χ3v) is 7.15. The predicted octanol–water partition coefficient (Wildman–Crippen LogP) is 3.58. The van der Waals surface area contributed by atoms with Crippen LogP contribution in [0.25, 0.3) is 0 Å². The highest BCUT2D eigenvalue weighted by Crippen LogP contribution is 2.30. The van der Waals surface area contributed by atoms with Gasteiger partial charge < -0.3 is 25.2 Å². The number of nitrogens with one attached hydrogen (secondary N) is 2. The first-order chi connectivity index (χ1) is 16.5. The Morgan fingerprint density at radius 2 is 1.79 bits per heavy atom. The van der Waals surface area contributed by atoms with Gasteiger partial charge in [0.2, 0.25) is 5.91 Å². The molecular weight excluding hydrogens is 452 g/mol. The topological polar surface area (TPSA) is 91.0 Å². The quantitative estimate of drug-likeness (QED) is 0.654. The second-order valence-corrected chi connectivity index (χ2v) is 9.40. The van der Waals surface area contributed by atoms with Crippen molar-refractivity contribution in [3.63, 3.8) is 0 Å². The lowest BCUT2D eigenvalue weighted by molar-refractivity contribution is -0.116. The summed E-state index contributed by atoms with van der Waals surface area (Å²) in [6.45, 7) is 5.97. The van der Waals surface area contributed by atoms with Crippen molar-refractivity contribution in [3.8, 4) is 0 Å². The highest BCUT2D eigenvalue weighted by molar-refractivity contribution is 7.98. The molecule has 2 heterocycles. The first-order valence-electron chi connectivity index (χ1n) is 11.5. The lowest BCUT2D eigenvalue weighted by Gasteiger charge is -2.34. The van der Waals surface area contributed by atoms with E-state index in [9.17, 15) is 14.4 Å². The molecule has 1 saturated heterocycles. The molecule has 2 aliphatic rings. The van der Waals surface area contributed by atoms with Crippen molar-refractivity contribution in [2.45, 2.75) is 25.6 Å². The van der Waals surface area contributed by atoms with Gasteiger partial charge >= 0.3 is 6.09 Å². The number of rotatable bonds is 6. The summed E-state index contributed by atoms with van der Waals surface area (Å²) in [6.07, 6.45) is -0.344. The molecule has 180 valence electrons. The molecular formula is C25H30N4O4S. The van der Waals surface area contributed by atoms with E-state index in [0.717, 1.165) is 11.4 Å². The maximum absolute atomic E-state index is 13.0. The van der Waals surface area contributed by atoms with Crippen LogP contribution in [-0.2, 0) is 15.3 Å². The molecule has 0 saturated carbocycles. The zero-order valence-corrected chi connectivity index (χ0v) is 20.3. The molecule has 4 rings (SSSR count). The van der Waals surface area contributed by atoms with Crippen LogP contribution in [0, 0.1) is 6.92 Å². The lowest BCUT2D eigenvalue weighted by Crippen LogP contribution is -2.50. The van der Waals surface area contributed by atoms with Gasteiger partial charge in [0.1, 0.15) is 6.04 Å². The van der Waals surface area contributed by atoms with Gasteiger partial charge in [0, 0.05) is 43.2 Å². The van der Waals surface area contributed by atoms with Crippen LogP contribution in [-0.4, -0.2) is 72.3 Å². The summed E-state index contributed by atoms with van der Waals surface area (Å²) in [6, 6.07) is 13.3. The molecule has 0 aliphatic carbocycles. The Labute approximate surface area is 204 Å². The van der Waals surface area contributed by atoms with Crippen LogP contribution < -0.4 is 10.6 Å². The molecule has 9 heteroatoms. The van der Waals surface area contributed by atoms with Crippen molar-refractivity contribution >= 4 is 41.0 Å². The fraction of sp³-hybridized carbons (Fsp3) is 0.400. The van der Waals surface area contributed by atoms with Crippen molar-refractivity contribution < 1.29 is 19.1 Å². The minimum Gasteiger partial charge on any atom is -0.450 e. The molecule has 0 bridgehead atoms. The number of amides is 3. The SMILES string of the molecule is CCOC(=O)N1CCN(C(=O)c2ccc3c(c2)NC(=O)C(CSCc2ccccc2C)N3)CC1. The van der Waals surface area contributed by atoms with Crippen LogP contribution in [0.5, 0.6) is 0 Å². The highest BCUT2D eigenvalue weighted by Gasteiger charge is 2.28. The fourth-order valence-corrected chi connectivity index (χ4v) is 5.18. The average Bonchev–Trinajstić information content (AvgIpc) is 2.85. The molecule has 0 spiro atoms. The maximum atomic E-state index is 13.0. The number of hydrogen-bond donors (Lipinski definition) is 2. The second-order valence-electron chi connectivity index (χ2n) is 8.37. The third-order valence-electron chi connectivity index (χ3n) is 6.07. The van der Waals surface area contributed by atoms with Gasteiger partial charge in [-0.05, 0) is 43.2 Å². The Morgan fingerprint density at radius 3 is 2.53 bits per heavy atom. The van der Waals surface area contributed by atoms with Gasteiger partial charge in [0.25, 0.3) is 5.91 Å². The Hall–Kier alpha value is -3.20. The Morgan fingerprint density at radius 1 is 1.06 bits per heavy atom. The number of thioether (sulfide) groups is 1. The van der Waals surface area contributed by atoms with Gasteiger partial charge in [-0.3, -0.25) is 9.59 Å². The van der Waals surface area contributed by atoms with Crippen LogP contribution in [0.15, 0.2) is 42.5 Å². The van der Waals surface area contributed by atoms with Crippen LogP contribution in [0.4, 0.5) is 16.2 Å². The molecule has 3 amide bonds. The number of benzene rings is 2. The lowest BCUT2D eigenvalue weighted by atomic mass is 10.1. The van der Waals surface area contributed by atoms with E-state index in [-0.39, 0.29) is 23.9 Å². The number of hydrogen-bond acceptors (Lipinski definition) is 6. The van der Waals surface area contributed by atoms with Gasteiger partial charge in [0.05, 0.1) is 18.0 Å². The number of ether oxygens (including phenoxy) is 1. The molecule has 2 aromatic carbocycles. The van der Waals surface area contributed by atoms with Crippen molar-refractivity contribution in [1.29, 1.82) is 0 Å². The molecule has 34 heavy (non-hydrogen) atoms. The van der Waals surface area contributed by atoms with Gasteiger partial charge in [-0.1, -0.05) is 24.3 Å². The summed E-state index contributed by atoms with van der Waals surface area (Å²) in [5, 5.41) is 6.26. The van der Waals surface area contributed by atoms with Crippen molar-refractivity contribution in [3.05, 3.63) is 59.2 Å². The van der Waals surface area contributed by atoms with E-state index in [0.29, 0.717) is 49.8 Å². The second kappa shape index (κ2) is 10.8. The molecule has 1 unspecified atom stereocenters. The van der Waals surface area contributed by atoms with Gasteiger partial charge in [-0.2, -0.15) is 11.8 Å². The monoisotopic (exact) mass is 482 g/mol. The third kappa shape index (κ3) is 5.47. The Kier molecular flexibility index (Phi) is 7.62. The minimum atomic E-state index is -0.344. The largest absolute Gasteiger partial charge is 0.450 e. The van der Waals surface area contributed by atoms with Crippen molar-refractivity contribution in [1.82, 2.24) is 9.80 Å². The van der Waals surface area contributed by atoms with E-state index < -0.39 is 0 Å². The van der Waals surface area contributed by atoms with Crippen LogP contribution in [0.2, 0.25) is 0 Å². The van der Waals surface area contributed by atoms with E-state index in [4.69, 9.17) is 4.74 Å². The summed E-state index contributed by atoms with van der Waals surface area (Å²) in [5.41, 5.74) is 4.46. The van der Waals surface area contributed by atoms with Crippen LogP contribution >= 0.6 is 11.8 Å². The highest BCUT2D eigenvalue weighted by atomic mass is 32.2. The summed E-state index contributed by atoms with van der Waals surface area (Å²) in [7, 11) is 0. The molecule has 1 fully saturated rings. The summed E-state index contributed by atoms with van der Waals surface area (Å²) < 4.78 is 5.03. The minimum absolute atomic E-state index is 0.0996. The molecule has 2 aliphatic heterocycles. The number of fused-ring (bicyclic) bond motifs is 1. The Bertz CT molecular complexity index is 1070. The summed E-state index contributed by atoms with van der Waals surface area (Å²) in [4.78, 5) is 40.9. The number of anilines is 2. The maximum Gasteiger partial charge on any atom is 0.409 e. The van der Waals surface area contributed by atoms with Crippen molar-refractivity contribution in [2.24, 2.45) is 0 Å². The van der Waals surface area contributed by atoms with E-state index >= 15 is 0 Å².